The third-order valence-corrected chi connectivity index (χ3v) is 4.42. The Hall–Kier alpha value is -0.770. The quantitative estimate of drug-likeness (QED) is 0.883. The van der Waals surface area contributed by atoms with Gasteiger partial charge in [-0.3, -0.25) is 4.79 Å². The lowest BCUT2D eigenvalue weighted by molar-refractivity contribution is 0.0922. The molecule has 0 spiro atoms. The maximum absolute atomic E-state index is 12.0. The molecule has 0 aromatic carbocycles. The molecular weight excluding hydrogens is 280 g/mol. The zero-order valence-corrected chi connectivity index (χ0v) is 11.9. The minimum absolute atomic E-state index is 0.00398. The van der Waals surface area contributed by atoms with E-state index in [0.717, 1.165) is 16.8 Å². The Kier molecular flexibility index (Phi) is 3.92. The maximum atomic E-state index is 12.0. The Morgan fingerprint density at radius 3 is 2.88 bits per heavy atom. The molecule has 1 heterocycles. The Balaban J connectivity index is 1.96. The summed E-state index contributed by atoms with van der Waals surface area (Å²) < 4.78 is 0.911. The minimum Gasteiger partial charge on any atom is -0.356 e. The van der Waals surface area contributed by atoms with Gasteiger partial charge in [-0.15, -0.1) is 0 Å². The van der Waals surface area contributed by atoms with Gasteiger partial charge in [0.2, 0.25) is 0 Å². The van der Waals surface area contributed by atoms with Crippen LogP contribution in [0.5, 0.6) is 0 Å². The zero-order valence-electron chi connectivity index (χ0n) is 10.3. The fourth-order valence-corrected chi connectivity index (χ4v) is 3.12. The topological polar surface area (TPSA) is 44.9 Å². The molecule has 1 aromatic rings. The smallest absolute Gasteiger partial charge is 0.267 e. The minimum atomic E-state index is 0.00398. The van der Waals surface area contributed by atoms with E-state index >= 15 is 0 Å². The van der Waals surface area contributed by atoms with Gasteiger partial charge in [-0.25, -0.2) is 0 Å². The second kappa shape index (κ2) is 5.25. The molecule has 4 heteroatoms. The fourth-order valence-electron chi connectivity index (χ4n) is 2.77. The van der Waals surface area contributed by atoms with Crippen LogP contribution in [0.25, 0.3) is 0 Å². The predicted molar refractivity (Wildman–Crippen MR) is 71.9 cm³/mol. The van der Waals surface area contributed by atoms with Gasteiger partial charge < -0.3 is 10.3 Å². The van der Waals surface area contributed by atoms with Gasteiger partial charge in [-0.2, -0.15) is 0 Å². The van der Waals surface area contributed by atoms with Crippen LogP contribution >= 0.6 is 15.9 Å². The van der Waals surface area contributed by atoms with Gasteiger partial charge in [-0.05, 0) is 46.7 Å². The Bertz CT molecular complexity index is 402. The van der Waals surface area contributed by atoms with Gasteiger partial charge in [0.05, 0.1) is 0 Å². The number of hydrogen-bond donors (Lipinski definition) is 2. The highest BCUT2D eigenvalue weighted by atomic mass is 79.9. The average Bonchev–Trinajstić information content (AvgIpc) is 2.87. The molecule has 3 nitrogen and oxygen atoms in total. The summed E-state index contributed by atoms with van der Waals surface area (Å²) in [5.74, 6) is 1.35. The number of amides is 1. The Labute approximate surface area is 110 Å². The van der Waals surface area contributed by atoms with E-state index in [2.05, 4.69) is 40.1 Å². The van der Waals surface area contributed by atoms with Gasteiger partial charge in [0, 0.05) is 16.7 Å². The second-order valence-electron chi connectivity index (χ2n) is 4.92. The molecule has 1 aliphatic rings. The van der Waals surface area contributed by atoms with E-state index in [1.54, 1.807) is 6.20 Å². The molecule has 1 fully saturated rings. The van der Waals surface area contributed by atoms with E-state index < -0.39 is 0 Å². The summed E-state index contributed by atoms with van der Waals surface area (Å²) in [5.41, 5.74) is 0.629. The summed E-state index contributed by atoms with van der Waals surface area (Å²) in [7, 11) is 0. The fraction of sp³-hybridized carbons (Fsp3) is 0.615. The number of H-pyrrole nitrogens is 1. The van der Waals surface area contributed by atoms with Crippen molar-refractivity contribution in [1.82, 2.24) is 10.3 Å². The van der Waals surface area contributed by atoms with Crippen molar-refractivity contribution in [2.24, 2.45) is 11.8 Å². The molecule has 1 aliphatic carbocycles. The number of carbonyl (C=O) groups is 1. The lowest BCUT2D eigenvalue weighted by atomic mass is 9.93. The molecule has 0 radical (unpaired) electrons. The summed E-state index contributed by atoms with van der Waals surface area (Å²) in [6, 6.07) is 2.14. The van der Waals surface area contributed by atoms with Gasteiger partial charge in [0.25, 0.3) is 5.91 Å². The molecule has 1 amide bonds. The molecule has 3 atom stereocenters. The second-order valence-corrected chi connectivity index (χ2v) is 5.83. The summed E-state index contributed by atoms with van der Waals surface area (Å²) in [4.78, 5) is 15.0. The lowest BCUT2D eigenvalue weighted by Gasteiger charge is -2.20. The molecule has 0 saturated heterocycles. The van der Waals surface area contributed by atoms with E-state index in [-0.39, 0.29) is 5.91 Å². The standard InChI is InChI=1S/C13H19BrN2O/c1-3-9-4-5-11(8(9)2)16-13(17)12-6-10(14)7-15-12/h6-9,11,15H,3-5H2,1-2H3,(H,16,17). The van der Waals surface area contributed by atoms with Crippen LogP contribution in [0.4, 0.5) is 0 Å². The van der Waals surface area contributed by atoms with Crippen molar-refractivity contribution in [3.63, 3.8) is 0 Å². The van der Waals surface area contributed by atoms with Crippen molar-refractivity contribution in [2.45, 2.75) is 39.2 Å². The molecule has 17 heavy (non-hydrogen) atoms. The number of carbonyl (C=O) groups excluding carboxylic acids is 1. The van der Waals surface area contributed by atoms with Gasteiger partial charge in [-0.1, -0.05) is 20.3 Å². The van der Waals surface area contributed by atoms with E-state index in [1.807, 2.05) is 6.07 Å². The van der Waals surface area contributed by atoms with Crippen LogP contribution in [0.3, 0.4) is 0 Å². The van der Waals surface area contributed by atoms with Crippen LogP contribution in [0.15, 0.2) is 16.7 Å². The van der Waals surface area contributed by atoms with Crippen molar-refractivity contribution < 1.29 is 4.79 Å². The highest BCUT2D eigenvalue weighted by Crippen LogP contribution is 2.33. The third-order valence-electron chi connectivity index (χ3n) is 3.96. The van der Waals surface area contributed by atoms with Crippen LogP contribution < -0.4 is 5.32 Å². The molecule has 3 unspecified atom stereocenters. The third kappa shape index (κ3) is 2.73. The number of nitrogens with one attached hydrogen (secondary N) is 2. The van der Waals surface area contributed by atoms with Crippen LogP contribution in [0.1, 0.15) is 43.6 Å². The maximum Gasteiger partial charge on any atom is 0.267 e. The van der Waals surface area contributed by atoms with Crippen LogP contribution in [-0.4, -0.2) is 16.9 Å². The molecule has 2 N–H and O–H groups in total. The van der Waals surface area contributed by atoms with Crippen LogP contribution in [0.2, 0.25) is 0 Å². The van der Waals surface area contributed by atoms with E-state index in [9.17, 15) is 4.79 Å². The van der Waals surface area contributed by atoms with E-state index in [1.165, 1.54) is 12.8 Å². The number of hydrogen-bond acceptors (Lipinski definition) is 1. The lowest BCUT2D eigenvalue weighted by Crippen LogP contribution is -2.37. The van der Waals surface area contributed by atoms with Crippen molar-refractivity contribution in [1.29, 1.82) is 0 Å². The largest absolute Gasteiger partial charge is 0.356 e. The number of aromatic nitrogens is 1. The first kappa shape index (κ1) is 12.7. The molecule has 0 aliphatic heterocycles. The van der Waals surface area contributed by atoms with Crippen molar-refractivity contribution in [2.75, 3.05) is 0 Å². The first-order valence-electron chi connectivity index (χ1n) is 6.26. The van der Waals surface area contributed by atoms with E-state index in [0.29, 0.717) is 17.7 Å². The molecule has 0 bridgehead atoms. The number of halogens is 1. The predicted octanol–water partition coefficient (Wildman–Crippen LogP) is 3.33. The summed E-state index contributed by atoms with van der Waals surface area (Å²) in [5, 5.41) is 3.13. The highest BCUT2D eigenvalue weighted by Gasteiger charge is 2.32. The summed E-state index contributed by atoms with van der Waals surface area (Å²) >= 11 is 3.33. The van der Waals surface area contributed by atoms with Crippen molar-refractivity contribution in [3.8, 4) is 0 Å². The molecular formula is C13H19BrN2O. The number of rotatable bonds is 3. The van der Waals surface area contributed by atoms with Gasteiger partial charge >= 0.3 is 0 Å². The summed E-state index contributed by atoms with van der Waals surface area (Å²) in [6.45, 7) is 4.48. The van der Waals surface area contributed by atoms with Crippen molar-refractivity contribution in [3.05, 3.63) is 22.4 Å². The molecule has 94 valence electrons. The SMILES string of the molecule is CCC1CCC(NC(=O)c2cc(Br)c[nH]2)C1C. The zero-order chi connectivity index (χ0) is 12.4. The summed E-state index contributed by atoms with van der Waals surface area (Å²) in [6.07, 6.45) is 5.33. The molecule has 2 rings (SSSR count). The Morgan fingerprint density at radius 2 is 2.35 bits per heavy atom. The van der Waals surface area contributed by atoms with Crippen LogP contribution in [0, 0.1) is 11.8 Å². The normalized spacial score (nSPS) is 28.3. The highest BCUT2D eigenvalue weighted by molar-refractivity contribution is 9.10. The van der Waals surface area contributed by atoms with Gasteiger partial charge in [0.1, 0.15) is 5.69 Å². The monoisotopic (exact) mass is 298 g/mol. The average molecular weight is 299 g/mol. The first-order chi connectivity index (χ1) is 8.11. The molecule has 1 aromatic heterocycles. The first-order valence-corrected chi connectivity index (χ1v) is 7.06. The Morgan fingerprint density at radius 1 is 1.59 bits per heavy atom. The van der Waals surface area contributed by atoms with Gasteiger partial charge in [0.15, 0.2) is 0 Å². The molecule has 1 saturated carbocycles. The van der Waals surface area contributed by atoms with Crippen LogP contribution in [-0.2, 0) is 0 Å². The van der Waals surface area contributed by atoms with Crippen molar-refractivity contribution >= 4 is 21.8 Å². The number of aromatic amines is 1. The van der Waals surface area contributed by atoms with E-state index in [4.69, 9.17) is 0 Å².